The smallest absolute Gasteiger partial charge is 0.244 e. The maximum atomic E-state index is 12.6. The molecule has 0 saturated carbocycles. The molecule has 146 valence electrons. The summed E-state index contributed by atoms with van der Waals surface area (Å²) >= 11 is 1.50. The van der Waals surface area contributed by atoms with E-state index in [2.05, 4.69) is 4.98 Å². The molecule has 0 atom stereocenters. The first-order valence-corrected chi connectivity index (χ1v) is 10.8. The lowest BCUT2D eigenvalue weighted by atomic mass is 10.2. The highest BCUT2D eigenvalue weighted by Crippen LogP contribution is 2.30. The van der Waals surface area contributed by atoms with Gasteiger partial charge in [0.05, 0.1) is 32.5 Å². The fourth-order valence-electron chi connectivity index (χ4n) is 2.69. The zero-order valence-electron chi connectivity index (χ0n) is 15.3. The minimum Gasteiger partial charge on any atom is -0.497 e. The minimum atomic E-state index is -3.52. The summed E-state index contributed by atoms with van der Waals surface area (Å²) in [7, 11) is -0.277. The van der Waals surface area contributed by atoms with E-state index >= 15 is 0 Å². The van der Waals surface area contributed by atoms with Crippen LogP contribution in [0.4, 0.5) is 0 Å². The molecule has 0 amide bonds. The summed E-state index contributed by atoms with van der Waals surface area (Å²) in [6.45, 7) is 1.58. The molecule has 0 radical (unpaired) electrons. The van der Waals surface area contributed by atoms with Crippen molar-refractivity contribution >= 4 is 21.8 Å². The van der Waals surface area contributed by atoms with Gasteiger partial charge in [-0.25, -0.2) is 13.4 Å². The highest BCUT2D eigenvalue weighted by molar-refractivity contribution is 7.98. The fraction of sp³-hybridized carbons (Fsp3) is 0.389. The van der Waals surface area contributed by atoms with E-state index in [0.29, 0.717) is 32.1 Å². The Labute approximate surface area is 163 Å². The predicted molar refractivity (Wildman–Crippen MR) is 103 cm³/mol. The number of rotatable bonds is 7. The Morgan fingerprint density at radius 3 is 2.56 bits per heavy atom. The predicted octanol–water partition coefficient (Wildman–Crippen LogP) is 2.41. The normalized spacial score (nSPS) is 15.5. The van der Waals surface area contributed by atoms with Crippen LogP contribution >= 0.6 is 11.8 Å². The average molecular weight is 411 g/mol. The van der Waals surface area contributed by atoms with Gasteiger partial charge in [0.1, 0.15) is 16.4 Å². The molecule has 1 aliphatic heterocycles. The average Bonchev–Trinajstić information content (AvgIpc) is 2.73. The third kappa shape index (κ3) is 4.73. The number of benzene rings is 1. The van der Waals surface area contributed by atoms with Gasteiger partial charge in [0.15, 0.2) is 0 Å². The number of pyridine rings is 1. The van der Waals surface area contributed by atoms with E-state index in [0.717, 1.165) is 22.1 Å². The first-order chi connectivity index (χ1) is 13.0. The van der Waals surface area contributed by atoms with Gasteiger partial charge in [-0.15, -0.1) is 11.8 Å². The number of sulfonamides is 1. The monoisotopic (exact) mass is 410 g/mol. The number of nitrogens with zero attached hydrogens (tertiary/aromatic N) is 2. The van der Waals surface area contributed by atoms with Gasteiger partial charge in [-0.05, 0) is 30.3 Å². The van der Waals surface area contributed by atoms with Crippen LogP contribution in [0.5, 0.6) is 11.5 Å². The van der Waals surface area contributed by atoms with Gasteiger partial charge < -0.3 is 14.2 Å². The molecular weight excluding hydrogens is 388 g/mol. The molecule has 1 saturated heterocycles. The largest absolute Gasteiger partial charge is 0.497 e. The first kappa shape index (κ1) is 19.9. The second kappa shape index (κ2) is 8.92. The Morgan fingerprint density at radius 2 is 1.93 bits per heavy atom. The molecule has 0 aliphatic carbocycles. The van der Waals surface area contributed by atoms with Crippen LogP contribution in [0.15, 0.2) is 46.5 Å². The van der Waals surface area contributed by atoms with Gasteiger partial charge in [-0.3, -0.25) is 0 Å². The van der Waals surface area contributed by atoms with Gasteiger partial charge in [-0.1, -0.05) is 0 Å². The standard InChI is InChI=1S/C18H22N2O5S2/c1-23-15-3-5-17(24-2)14(11-15)13-26-18-6-4-16(12-19-18)27(21,22)20-7-9-25-10-8-20/h3-6,11-12H,7-10,13H2,1-2H3. The first-order valence-electron chi connectivity index (χ1n) is 8.42. The molecule has 0 unspecified atom stereocenters. The summed E-state index contributed by atoms with van der Waals surface area (Å²) < 4.78 is 42.5. The molecule has 1 fully saturated rings. The molecular formula is C18H22N2O5S2. The fourth-order valence-corrected chi connectivity index (χ4v) is 4.86. The van der Waals surface area contributed by atoms with E-state index in [9.17, 15) is 8.42 Å². The molecule has 2 aromatic rings. The number of thioether (sulfide) groups is 1. The molecule has 0 bridgehead atoms. The number of methoxy groups -OCH3 is 2. The van der Waals surface area contributed by atoms with Crippen molar-refractivity contribution in [2.75, 3.05) is 40.5 Å². The molecule has 1 aromatic carbocycles. The van der Waals surface area contributed by atoms with Crippen LogP contribution in [0.2, 0.25) is 0 Å². The van der Waals surface area contributed by atoms with Crippen molar-refractivity contribution < 1.29 is 22.6 Å². The SMILES string of the molecule is COc1ccc(OC)c(CSc2ccc(S(=O)(=O)N3CCOCC3)cn2)c1. The lowest BCUT2D eigenvalue weighted by molar-refractivity contribution is 0.0730. The van der Waals surface area contributed by atoms with Crippen molar-refractivity contribution in [3.63, 3.8) is 0 Å². The topological polar surface area (TPSA) is 78.0 Å². The second-order valence-corrected chi connectivity index (χ2v) is 8.75. The second-order valence-electron chi connectivity index (χ2n) is 5.82. The highest BCUT2D eigenvalue weighted by atomic mass is 32.2. The molecule has 2 heterocycles. The number of aromatic nitrogens is 1. The molecule has 0 N–H and O–H groups in total. The number of morpholine rings is 1. The molecule has 27 heavy (non-hydrogen) atoms. The highest BCUT2D eigenvalue weighted by Gasteiger charge is 2.26. The Bertz CT molecular complexity index is 866. The van der Waals surface area contributed by atoms with Gasteiger partial charge in [0.25, 0.3) is 0 Å². The molecule has 1 aliphatic rings. The Hall–Kier alpha value is -1.81. The summed E-state index contributed by atoms with van der Waals surface area (Å²) in [5.74, 6) is 2.16. The zero-order valence-corrected chi connectivity index (χ0v) is 16.9. The van der Waals surface area contributed by atoms with Crippen molar-refractivity contribution in [2.24, 2.45) is 0 Å². The number of hydrogen-bond acceptors (Lipinski definition) is 7. The van der Waals surface area contributed by atoms with Gasteiger partial charge in [0.2, 0.25) is 10.0 Å². The molecule has 3 rings (SSSR count). The Morgan fingerprint density at radius 1 is 1.15 bits per heavy atom. The quantitative estimate of drug-likeness (QED) is 0.649. The lowest BCUT2D eigenvalue weighted by Crippen LogP contribution is -2.40. The van der Waals surface area contributed by atoms with Crippen molar-refractivity contribution in [2.45, 2.75) is 15.7 Å². The van der Waals surface area contributed by atoms with Crippen LogP contribution in [0, 0.1) is 0 Å². The maximum absolute atomic E-state index is 12.6. The van der Waals surface area contributed by atoms with Crippen molar-refractivity contribution in [3.8, 4) is 11.5 Å². The van der Waals surface area contributed by atoms with Crippen molar-refractivity contribution in [1.82, 2.24) is 9.29 Å². The maximum Gasteiger partial charge on any atom is 0.244 e. The van der Waals surface area contributed by atoms with Crippen molar-refractivity contribution in [3.05, 3.63) is 42.1 Å². The van der Waals surface area contributed by atoms with Crippen LogP contribution in [-0.2, 0) is 20.5 Å². The Balaban J connectivity index is 1.69. The van der Waals surface area contributed by atoms with E-state index in [4.69, 9.17) is 14.2 Å². The van der Waals surface area contributed by atoms with Gasteiger partial charge in [0, 0.05) is 30.6 Å². The summed E-state index contributed by atoms with van der Waals surface area (Å²) in [6.07, 6.45) is 1.41. The summed E-state index contributed by atoms with van der Waals surface area (Å²) in [4.78, 5) is 4.51. The van der Waals surface area contributed by atoms with Crippen LogP contribution in [-0.4, -0.2) is 58.2 Å². The molecule has 9 heteroatoms. The summed E-state index contributed by atoms with van der Waals surface area (Å²) in [5, 5.41) is 0.737. The van der Waals surface area contributed by atoms with E-state index < -0.39 is 10.0 Å². The third-order valence-electron chi connectivity index (χ3n) is 4.18. The van der Waals surface area contributed by atoms with E-state index in [1.165, 1.54) is 22.3 Å². The van der Waals surface area contributed by atoms with E-state index in [1.807, 2.05) is 18.2 Å². The third-order valence-corrected chi connectivity index (χ3v) is 7.05. The summed E-state index contributed by atoms with van der Waals surface area (Å²) in [6, 6.07) is 8.95. The molecule has 7 nitrogen and oxygen atoms in total. The number of hydrogen-bond donors (Lipinski definition) is 0. The lowest BCUT2D eigenvalue weighted by Gasteiger charge is -2.25. The van der Waals surface area contributed by atoms with Crippen molar-refractivity contribution in [1.29, 1.82) is 0 Å². The van der Waals surface area contributed by atoms with Crippen LogP contribution in [0.25, 0.3) is 0 Å². The number of ether oxygens (including phenoxy) is 3. The van der Waals surface area contributed by atoms with Crippen LogP contribution < -0.4 is 9.47 Å². The zero-order chi connectivity index (χ0) is 19.3. The van der Waals surface area contributed by atoms with E-state index in [-0.39, 0.29) is 4.90 Å². The Kier molecular flexibility index (Phi) is 6.59. The van der Waals surface area contributed by atoms with Gasteiger partial charge in [-0.2, -0.15) is 4.31 Å². The van der Waals surface area contributed by atoms with Crippen LogP contribution in [0.3, 0.4) is 0 Å². The van der Waals surface area contributed by atoms with E-state index in [1.54, 1.807) is 26.4 Å². The van der Waals surface area contributed by atoms with Crippen LogP contribution in [0.1, 0.15) is 5.56 Å². The molecule has 1 aromatic heterocycles. The summed E-state index contributed by atoms with van der Waals surface area (Å²) in [5.41, 5.74) is 0.980. The van der Waals surface area contributed by atoms with Gasteiger partial charge >= 0.3 is 0 Å². The minimum absolute atomic E-state index is 0.202. The molecule has 0 spiro atoms.